The summed E-state index contributed by atoms with van der Waals surface area (Å²) in [7, 11) is -3.68. The zero-order chi connectivity index (χ0) is 21.6. The molecule has 158 valence electrons. The van der Waals surface area contributed by atoms with Gasteiger partial charge in [0.2, 0.25) is 10.0 Å². The predicted molar refractivity (Wildman–Crippen MR) is 115 cm³/mol. The lowest BCUT2D eigenvalue weighted by Gasteiger charge is -2.35. The summed E-state index contributed by atoms with van der Waals surface area (Å²) in [5.74, 6) is 0. The number of hydrogen-bond donors (Lipinski definition) is 1. The van der Waals surface area contributed by atoms with E-state index >= 15 is 0 Å². The highest BCUT2D eigenvalue weighted by Crippen LogP contribution is 2.34. The van der Waals surface area contributed by atoms with Crippen molar-refractivity contribution in [2.75, 3.05) is 31.1 Å². The van der Waals surface area contributed by atoms with Crippen LogP contribution < -0.4 is 4.90 Å². The number of nitrogens with one attached hydrogen (secondary N) is 1. The molecular formula is C20H18N6O4S. The van der Waals surface area contributed by atoms with Gasteiger partial charge in [0.25, 0.3) is 5.69 Å². The number of aromatic amines is 1. The van der Waals surface area contributed by atoms with Crippen molar-refractivity contribution in [2.24, 2.45) is 0 Å². The first-order valence-corrected chi connectivity index (χ1v) is 11.1. The zero-order valence-corrected chi connectivity index (χ0v) is 17.1. The Balaban J connectivity index is 1.42. The Labute approximate surface area is 177 Å². The molecule has 11 heteroatoms. The number of piperazine rings is 1. The first kappa shape index (κ1) is 19.4. The molecule has 5 rings (SSSR count). The number of H-pyrrole nitrogens is 1. The van der Waals surface area contributed by atoms with Gasteiger partial charge in [-0.05, 0) is 24.3 Å². The molecular weight excluding hydrogens is 420 g/mol. The molecule has 1 N–H and O–H groups in total. The molecule has 0 unspecified atom stereocenters. The van der Waals surface area contributed by atoms with E-state index in [1.54, 1.807) is 36.7 Å². The number of benzene rings is 1. The third-order valence-corrected chi connectivity index (χ3v) is 7.52. The molecule has 0 atom stereocenters. The molecule has 0 radical (unpaired) electrons. The maximum absolute atomic E-state index is 13.2. The summed E-state index contributed by atoms with van der Waals surface area (Å²) in [6, 6.07) is 8.39. The first-order valence-electron chi connectivity index (χ1n) is 9.65. The van der Waals surface area contributed by atoms with Crippen LogP contribution in [0.3, 0.4) is 0 Å². The number of aromatic nitrogens is 3. The Kier molecular flexibility index (Phi) is 4.56. The van der Waals surface area contributed by atoms with E-state index in [9.17, 15) is 18.5 Å². The maximum atomic E-state index is 13.2. The van der Waals surface area contributed by atoms with Crippen LogP contribution in [0.2, 0.25) is 0 Å². The quantitative estimate of drug-likeness (QED) is 0.383. The Bertz CT molecular complexity index is 1410. The third kappa shape index (κ3) is 3.18. The lowest BCUT2D eigenvalue weighted by molar-refractivity contribution is -0.383. The van der Waals surface area contributed by atoms with Crippen LogP contribution in [-0.4, -0.2) is 58.8 Å². The van der Waals surface area contributed by atoms with E-state index in [-0.39, 0.29) is 10.6 Å². The van der Waals surface area contributed by atoms with E-state index in [0.29, 0.717) is 42.6 Å². The number of nitrogens with zero attached hydrogens (tertiary/aromatic N) is 5. The van der Waals surface area contributed by atoms with Crippen molar-refractivity contribution in [3.05, 3.63) is 65.2 Å². The second kappa shape index (κ2) is 7.29. The van der Waals surface area contributed by atoms with Gasteiger partial charge in [0.15, 0.2) is 0 Å². The first-order chi connectivity index (χ1) is 15.0. The number of nitro groups is 1. The van der Waals surface area contributed by atoms with Crippen LogP contribution >= 0.6 is 0 Å². The van der Waals surface area contributed by atoms with E-state index in [1.165, 1.54) is 22.8 Å². The molecule has 1 aliphatic heterocycles. The molecule has 4 aromatic rings. The fourth-order valence-corrected chi connectivity index (χ4v) is 5.62. The highest BCUT2D eigenvalue weighted by Gasteiger charge is 2.31. The summed E-state index contributed by atoms with van der Waals surface area (Å²) in [6.45, 7) is 1.54. The van der Waals surface area contributed by atoms with Gasteiger partial charge >= 0.3 is 0 Å². The summed E-state index contributed by atoms with van der Waals surface area (Å²) in [5.41, 5.74) is 1.36. The number of non-ortho nitro benzene ring substituents is 1. The number of hydrogen-bond acceptors (Lipinski definition) is 7. The Hall–Kier alpha value is -3.57. The van der Waals surface area contributed by atoms with Crippen molar-refractivity contribution in [2.45, 2.75) is 4.90 Å². The zero-order valence-electron chi connectivity index (χ0n) is 16.3. The molecule has 31 heavy (non-hydrogen) atoms. The minimum absolute atomic E-state index is 0.000934. The Morgan fingerprint density at radius 3 is 2.58 bits per heavy atom. The number of sulfonamides is 1. The van der Waals surface area contributed by atoms with Crippen molar-refractivity contribution in [3.8, 4) is 0 Å². The van der Waals surface area contributed by atoms with Gasteiger partial charge in [-0.15, -0.1) is 0 Å². The van der Waals surface area contributed by atoms with E-state index < -0.39 is 14.9 Å². The van der Waals surface area contributed by atoms with Crippen LogP contribution in [0.1, 0.15) is 0 Å². The molecule has 0 saturated carbocycles. The summed E-state index contributed by atoms with van der Waals surface area (Å²) in [4.78, 5) is 24.3. The van der Waals surface area contributed by atoms with Gasteiger partial charge < -0.3 is 9.88 Å². The monoisotopic (exact) mass is 438 g/mol. The molecule has 0 bridgehead atoms. The second-order valence-electron chi connectivity index (χ2n) is 7.23. The molecule has 0 spiro atoms. The second-order valence-corrected chi connectivity index (χ2v) is 9.13. The molecule has 0 aliphatic carbocycles. The van der Waals surface area contributed by atoms with Crippen LogP contribution in [0.4, 0.5) is 11.4 Å². The lowest BCUT2D eigenvalue weighted by Crippen LogP contribution is -2.48. The van der Waals surface area contributed by atoms with E-state index in [4.69, 9.17) is 0 Å². The van der Waals surface area contributed by atoms with Crippen molar-refractivity contribution >= 4 is 43.2 Å². The number of pyridine rings is 2. The van der Waals surface area contributed by atoms with Crippen LogP contribution in [0, 0.1) is 10.1 Å². The smallest absolute Gasteiger partial charge is 0.278 e. The van der Waals surface area contributed by atoms with Crippen LogP contribution in [0.5, 0.6) is 0 Å². The largest absolute Gasteiger partial charge is 0.368 e. The lowest BCUT2D eigenvalue weighted by atomic mass is 10.1. The van der Waals surface area contributed by atoms with Crippen LogP contribution in [0.25, 0.3) is 21.8 Å². The Morgan fingerprint density at radius 2 is 1.81 bits per heavy atom. The van der Waals surface area contributed by atoms with Crippen molar-refractivity contribution in [1.29, 1.82) is 0 Å². The summed E-state index contributed by atoms with van der Waals surface area (Å²) in [6.07, 6.45) is 6.18. The Morgan fingerprint density at radius 1 is 1.00 bits per heavy atom. The van der Waals surface area contributed by atoms with Gasteiger partial charge in [0.1, 0.15) is 10.5 Å². The van der Waals surface area contributed by atoms with E-state index in [2.05, 4.69) is 19.9 Å². The fourth-order valence-electron chi connectivity index (χ4n) is 4.05. The van der Waals surface area contributed by atoms with Crippen molar-refractivity contribution < 1.29 is 13.3 Å². The number of anilines is 1. The molecule has 0 amide bonds. The van der Waals surface area contributed by atoms with E-state index in [0.717, 1.165) is 11.1 Å². The fraction of sp³-hybridized carbons (Fsp3) is 0.200. The van der Waals surface area contributed by atoms with E-state index in [1.807, 2.05) is 0 Å². The topological polar surface area (TPSA) is 125 Å². The van der Waals surface area contributed by atoms with Crippen LogP contribution in [-0.2, 0) is 10.0 Å². The average Bonchev–Trinajstić information content (AvgIpc) is 3.23. The maximum Gasteiger partial charge on any atom is 0.278 e. The number of nitro benzene ring substituents is 1. The predicted octanol–water partition coefficient (Wildman–Crippen LogP) is 2.53. The minimum Gasteiger partial charge on any atom is -0.368 e. The molecule has 1 fully saturated rings. The molecule has 4 heterocycles. The van der Waals surface area contributed by atoms with Gasteiger partial charge in [-0.3, -0.25) is 15.1 Å². The third-order valence-electron chi connectivity index (χ3n) is 5.58. The van der Waals surface area contributed by atoms with Gasteiger partial charge in [0, 0.05) is 73.5 Å². The van der Waals surface area contributed by atoms with Crippen molar-refractivity contribution in [3.63, 3.8) is 0 Å². The molecule has 3 aromatic heterocycles. The molecule has 1 saturated heterocycles. The standard InChI is InChI=1S/C20H18N6O4S/c27-26(28)18-4-3-17(14-5-7-21-12-16(14)18)24-8-10-25(11-9-24)31(29,30)19-13-23-20-15(19)2-1-6-22-20/h1-7,12-13H,8-11H2,(H,22,23). The average molecular weight is 438 g/mol. The highest BCUT2D eigenvalue weighted by molar-refractivity contribution is 7.89. The van der Waals surface area contributed by atoms with Gasteiger partial charge in [-0.2, -0.15) is 4.31 Å². The number of rotatable bonds is 4. The SMILES string of the molecule is O=[N+]([O-])c1ccc(N2CCN(S(=O)(=O)c3c[nH]c4ncccc34)CC2)c2ccncc12. The van der Waals surface area contributed by atoms with Crippen LogP contribution in [0.15, 0.2) is 60.0 Å². The normalized spacial score (nSPS) is 15.5. The summed E-state index contributed by atoms with van der Waals surface area (Å²) in [5, 5.41) is 13.1. The van der Waals surface area contributed by atoms with Gasteiger partial charge in [-0.25, -0.2) is 13.4 Å². The minimum atomic E-state index is -3.68. The summed E-state index contributed by atoms with van der Waals surface area (Å²) >= 11 is 0. The number of fused-ring (bicyclic) bond motifs is 2. The molecule has 1 aromatic carbocycles. The molecule has 10 nitrogen and oxygen atoms in total. The van der Waals surface area contributed by atoms with Gasteiger partial charge in [0.05, 0.1) is 10.3 Å². The van der Waals surface area contributed by atoms with Crippen molar-refractivity contribution in [1.82, 2.24) is 19.3 Å². The van der Waals surface area contributed by atoms with Gasteiger partial charge in [-0.1, -0.05) is 0 Å². The summed E-state index contributed by atoms with van der Waals surface area (Å²) < 4.78 is 27.9. The molecule has 1 aliphatic rings. The highest BCUT2D eigenvalue weighted by atomic mass is 32.2.